The Kier molecular flexibility index (Phi) is 6.20. The van der Waals surface area contributed by atoms with Crippen LogP contribution in [0.15, 0.2) is 54.6 Å². The molecule has 1 atom stereocenters. The van der Waals surface area contributed by atoms with Crippen molar-refractivity contribution in [3.05, 3.63) is 65.7 Å². The molecule has 2 aromatic carbocycles. The molecule has 5 nitrogen and oxygen atoms in total. The molecule has 0 saturated carbocycles. The fraction of sp³-hybridized carbons (Fsp3) is 0.316. The van der Waals surface area contributed by atoms with Crippen molar-refractivity contribution in [3.63, 3.8) is 0 Å². The van der Waals surface area contributed by atoms with Crippen LogP contribution in [0.5, 0.6) is 0 Å². The van der Waals surface area contributed by atoms with Gasteiger partial charge in [-0.2, -0.15) is 0 Å². The fourth-order valence-corrected chi connectivity index (χ4v) is 3.39. The number of sulfonamides is 1. The van der Waals surface area contributed by atoms with Gasteiger partial charge in [-0.15, -0.1) is 0 Å². The molecule has 0 aliphatic heterocycles. The third kappa shape index (κ3) is 5.32. The predicted molar refractivity (Wildman–Crippen MR) is 101 cm³/mol. The van der Waals surface area contributed by atoms with E-state index in [1.165, 1.54) is 5.56 Å². The van der Waals surface area contributed by atoms with Crippen molar-refractivity contribution in [2.24, 2.45) is 0 Å². The molecule has 0 radical (unpaired) electrons. The maximum Gasteiger partial charge on any atom is 0.241 e. The Morgan fingerprint density at radius 3 is 2.20 bits per heavy atom. The lowest BCUT2D eigenvalue weighted by Crippen LogP contribution is -2.41. The lowest BCUT2D eigenvalue weighted by atomic mass is 10.1. The van der Waals surface area contributed by atoms with Gasteiger partial charge in [0.25, 0.3) is 0 Å². The van der Waals surface area contributed by atoms with E-state index in [1.54, 1.807) is 30.3 Å². The van der Waals surface area contributed by atoms with Crippen LogP contribution in [0.25, 0.3) is 0 Å². The predicted octanol–water partition coefficient (Wildman–Crippen LogP) is 2.89. The molecule has 6 heteroatoms. The minimum absolute atomic E-state index is 0.199. The molecule has 25 heavy (non-hydrogen) atoms. The van der Waals surface area contributed by atoms with Gasteiger partial charge in [-0.25, -0.2) is 8.42 Å². The fourth-order valence-electron chi connectivity index (χ4n) is 2.54. The van der Waals surface area contributed by atoms with Gasteiger partial charge < -0.3 is 5.32 Å². The Hall–Kier alpha value is -2.34. The van der Waals surface area contributed by atoms with Gasteiger partial charge in [-0.05, 0) is 36.6 Å². The second kappa shape index (κ2) is 8.16. The minimum Gasteiger partial charge on any atom is -0.348 e. The summed E-state index contributed by atoms with van der Waals surface area (Å²) >= 11 is 0. The Morgan fingerprint density at radius 1 is 1.08 bits per heavy atom. The number of amides is 1. The first-order valence-corrected chi connectivity index (χ1v) is 10.1. The molecule has 0 spiro atoms. The number of carbonyl (C=O) groups excluding carboxylic acids is 1. The monoisotopic (exact) mass is 360 g/mol. The number of benzene rings is 2. The lowest BCUT2D eigenvalue weighted by molar-refractivity contribution is -0.120. The summed E-state index contributed by atoms with van der Waals surface area (Å²) < 4.78 is 25.2. The highest BCUT2D eigenvalue weighted by Gasteiger charge is 2.21. The molecular formula is C19H24N2O3S. The maximum absolute atomic E-state index is 12.4. The van der Waals surface area contributed by atoms with E-state index in [-0.39, 0.29) is 18.5 Å². The van der Waals surface area contributed by atoms with E-state index >= 15 is 0 Å². The first-order valence-electron chi connectivity index (χ1n) is 8.22. The molecule has 2 aromatic rings. The smallest absolute Gasteiger partial charge is 0.241 e. The average Bonchev–Trinajstić information content (AvgIpc) is 2.59. The van der Waals surface area contributed by atoms with Gasteiger partial charge in [0.05, 0.1) is 18.0 Å². The van der Waals surface area contributed by atoms with E-state index in [9.17, 15) is 13.2 Å². The summed E-state index contributed by atoms with van der Waals surface area (Å²) in [7, 11) is -3.55. The highest BCUT2D eigenvalue weighted by atomic mass is 32.2. The summed E-state index contributed by atoms with van der Waals surface area (Å²) in [4.78, 5) is 12.4. The summed E-state index contributed by atoms with van der Waals surface area (Å²) in [6.45, 7) is 3.72. The molecule has 0 aromatic heterocycles. The normalized spacial score (nSPS) is 12.4. The molecule has 0 bridgehead atoms. The molecular weight excluding hydrogens is 336 g/mol. The molecule has 0 fully saturated rings. The van der Waals surface area contributed by atoms with E-state index in [0.717, 1.165) is 22.5 Å². The van der Waals surface area contributed by atoms with Crippen molar-refractivity contribution in [2.75, 3.05) is 17.1 Å². The first-order chi connectivity index (χ1) is 11.8. The van der Waals surface area contributed by atoms with Gasteiger partial charge >= 0.3 is 0 Å². The van der Waals surface area contributed by atoms with Crippen molar-refractivity contribution in [2.45, 2.75) is 26.3 Å². The van der Waals surface area contributed by atoms with Gasteiger partial charge in [-0.3, -0.25) is 9.10 Å². The zero-order valence-electron chi connectivity index (χ0n) is 14.8. The Balaban J connectivity index is 2.08. The number of hydrogen-bond acceptors (Lipinski definition) is 3. The molecule has 0 heterocycles. The van der Waals surface area contributed by atoms with Gasteiger partial charge in [0.1, 0.15) is 6.54 Å². The maximum atomic E-state index is 12.4. The number of rotatable bonds is 7. The highest BCUT2D eigenvalue weighted by molar-refractivity contribution is 7.92. The lowest BCUT2D eigenvalue weighted by Gasteiger charge is -2.23. The topological polar surface area (TPSA) is 66.5 Å². The van der Waals surface area contributed by atoms with Crippen LogP contribution in [0.2, 0.25) is 0 Å². The molecule has 1 amide bonds. The van der Waals surface area contributed by atoms with Crippen LogP contribution in [-0.2, 0) is 21.2 Å². The number of carbonyl (C=O) groups is 1. The Morgan fingerprint density at radius 2 is 1.68 bits per heavy atom. The van der Waals surface area contributed by atoms with E-state index in [1.807, 2.05) is 31.2 Å². The van der Waals surface area contributed by atoms with Crippen molar-refractivity contribution >= 4 is 21.6 Å². The van der Waals surface area contributed by atoms with Gasteiger partial charge in [0.15, 0.2) is 0 Å². The Bertz CT molecular complexity index is 802. The van der Waals surface area contributed by atoms with Crippen LogP contribution in [0.3, 0.4) is 0 Å². The molecule has 0 saturated heterocycles. The SMILES string of the molecule is CCc1ccc([C@H](C)NC(=O)CN(c2ccccc2)S(C)(=O)=O)cc1. The summed E-state index contributed by atoms with van der Waals surface area (Å²) in [5.41, 5.74) is 2.69. The van der Waals surface area contributed by atoms with Crippen molar-refractivity contribution in [3.8, 4) is 0 Å². The highest BCUT2D eigenvalue weighted by Crippen LogP contribution is 2.17. The number of nitrogens with zero attached hydrogens (tertiary/aromatic N) is 1. The standard InChI is InChI=1S/C19H24N2O3S/c1-4-16-10-12-17(13-11-16)15(2)20-19(22)14-21(25(3,23)24)18-8-6-5-7-9-18/h5-13,15H,4,14H2,1-3H3,(H,20,22)/t15-/m0/s1. The quantitative estimate of drug-likeness (QED) is 0.826. The third-order valence-corrected chi connectivity index (χ3v) is 5.14. The van der Waals surface area contributed by atoms with Crippen molar-refractivity contribution < 1.29 is 13.2 Å². The number of aryl methyl sites for hydroxylation is 1. The van der Waals surface area contributed by atoms with Crippen LogP contribution in [0.1, 0.15) is 31.0 Å². The van der Waals surface area contributed by atoms with Gasteiger partial charge in [0.2, 0.25) is 15.9 Å². The largest absolute Gasteiger partial charge is 0.348 e. The summed E-state index contributed by atoms with van der Waals surface area (Å²) in [5, 5.41) is 2.86. The minimum atomic E-state index is -3.55. The second-order valence-corrected chi connectivity index (χ2v) is 7.90. The number of hydrogen-bond donors (Lipinski definition) is 1. The Labute approximate surface area is 149 Å². The van der Waals surface area contributed by atoms with Crippen LogP contribution < -0.4 is 9.62 Å². The molecule has 0 aliphatic carbocycles. The zero-order chi connectivity index (χ0) is 18.4. The summed E-state index contributed by atoms with van der Waals surface area (Å²) in [6, 6.07) is 16.4. The number of anilines is 1. The van der Waals surface area contributed by atoms with Crippen LogP contribution in [0, 0.1) is 0 Å². The molecule has 0 aliphatic rings. The summed E-state index contributed by atoms with van der Waals surface area (Å²) in [5.74, 6) is -0.346. The second-order valence-electron chi connectivity index (χ2n) is 5.99. The zero-order valence-corrected chi connectivity index (χ0v) is 15.6. The molecule has 2 rings (SSSR count). The first kappa shape index (κ1) is 19.0. The summed E-state index contributed by atoms with van der Waals surface area (Å²) in [6.07, 6.45) is 2.06. The average molecular weight is 360 g/mol. The third-order valence-electron chi connectivity index (χ3n) is 4.00. The molecule has 0 unspecified atom stereocenters. The van der Waals surface area contributed by atoms with Gasteiger partial charge in [0, 0.05) is 0 Å². The van der Waals surface area contributed by atoms with Crippen molar-refractivity contribution in [1.29, 1.82) is 0 Å². The van der Waals surface area contributed by atoms with E-state index < -0.39 is 10.0 Å². The van der Waals surface area contributed by atoms with Gasteiger partial charge in [-0.1, -0.05) is 49.4 Å². The van der Waals surface area contributed by atoms with Crippen LogP contribution in [-0.4, -0.2) is 27.1 Å². The van der Waals surface area contributed by atoms with E-state index in [0.29, 0.717) is 5.69 Å². The van der Waals surface area contributed by atoms with Crippen molar-refractivity contribution in [1.82, 2.24) is 5.32 Å². The van der Waals surface area contributed by atoms with E-state index in [2.05, 4.69) is 12.2 Å². The molecule has 1 N–H and O–H groups in total. The number of nitrogens with one attached hydrogen (secondary N) is 1. The van der Waals surface area contributed by atoms with E-state index in [4.69, 9.17) is 0 Å². The molecule has 134 valence electrons. The van der Waals surface area contributed by atoms with Crippen LogP contribution >= 0.6 is 0 Å². The van der Waals surface area contributed by atoms with Crippen LogP contribution in [0.4, 0.5) is 5.69 Å². The number of para-hydroxylation sites is 1.